The van der Waals surface area contributed by atoms with Gasteiger partial charge in [-0.3, -0.25) is 4.90 Å². The molecule has 0 aliphatic carbocycles. The molecule has 0 radical (unpaired) electrons. The molecule has 0 spiro atoms. The molecule has 0 aromatic heterocycles. The molecule has 0 atom stereocenters. The minimum absolute atomic E-state index is 0. The minimum Gasteiger partial charge on any atom is -0.492 e. The molecule has 1 heterocycles. The van der Waals surface area contributed by atoms with E-state index in [1.165, 1.54) is 0 Å². The van der Waals surface area contributed by atoms with Gasteiger partial charge in [0.05, 0.1) is 19.8 Å². The number of nitrogens with zero attached hydrogens (tertiary/aromatic N) is 2. The number of methoxy groups -OCH3 is 1. The molecular formula is C20H35IN4O3. The van der Waals surface area contributed by atoms with Gasteiger partial charge in [-0.1, -0.05) is 18.2 Å². The molecule has 1 aromatic rings. The molecule has 2 rings (SSSR count). The van der Waals surface area contributed by atoms with E-state index in [0.29, 0.717) is 13.2 Å². The second-order valence-electron chi connectivity index (χ2n) is 6.38. The van der Waals surface area contributed by atoms with Crippen molar-refractivity contribution in [2.45, 2.75) is 19.9 Å². The predicted octanol–water partition coefficient (Wildman–Crippen LogP) is 2.11. The van der Waals surface area contributed by atoms with Crippen LogP contribution in [0.15, 0.2) is 29.3 Å². The molecule has 0 unspecified atom stereocenters. The number of halogens is 1. The number of hydrogen-bond donors (Lipinski definition) is 2. The van der Waals surface area contributed by atoms with Crippen molar-refractivity contribution in [2.24, 2.45) is 4.99 Å². The highest BCUT2D eigenvalue weighted by atomic mass is 127. The molecule has 1 aliphatic rings. The zero-order valence-corrected chi connectivity index (χ0v) is 19.4. The molecule has 1 aromatic carbocycles. The summed E-state index contributed by atoms with van der Waals surface area (Å²) in [4.78, 5) is 7.06. The van der Waals surface area contributed by atoms with Crippen LogP contribution in [0.4, 0.5) is 0 Å². The number of nitrogens with one attached hydrogen (secondary N) is 2. The molecule has 0 bridgehead atoms. The van der Waals surface area contributed by atoms with E-state index in [0.717, 1.165) is 76.2 Å². The second-order valence-corrected chi connectivity index (χ2v) is 6.38. The van der Waals surface area contributed by atoms with Crippen LogP contribution in [0.1, 0.15) is 18.9 Å². The number of para-hydroxylation sites is 1. The number of aliphatic imine (C=N–C) groups is 1. The Morgan fingerprint density at radius 3 is 2.71 bits per heavy atom. The van der Waals surface area contributed by atoms with Gasteiger partial charge in [0.25, 0.3) is 0 Å². The molecule has 160 valence electrons. The zero-order chi connectivity index (χ0) is 19.2. The number of ether oxygens (including phenoxy) is 3. The van der Waals surface area contributed by atoms with E-state index in [2.05, 4.69) is 33.5 Å². The lowest BCUT2D eigenvalue weighted by Crippen LogP contribution is -2.38. The molecule has 0 saturated carbocycles. The smallest absolute Gasteiger partial charge is 0.191 e. The second kappa shape index (κ2) is 15.8. The highest BCUT2D eigenvalue weighted by Gasteiger charge is 2.10. The molecule has 28 heavy (non-hydrogen) atoms. The Balaban J connectivity index is 0.00000392. The number of guanidine groups is 1. The lowest BCUT2D eigenvalue weighted by molar-refractivity contribution is 0.0322. The van der Waals surface area contributed by atoms with Crippen LogP contribution in [0.2, 0.25) is 0 Å². The van der Waals surface area contributed by atoms with Crippen LogP contribution in [-0.2, 0) is 16.0 Å². The van der Waals surface area contributed by atoms with Gasteiger partial charge in [-0.15, -0.1) is 24.0 Å². The first-order valence-corrected chi connectivity index (χ1v) is 9.85. The van der Waals surface area contributed by atoms with Crippen LogP contribution >= 0.6 is 24.0 Å². The topological polar surface area (TPSA) is 67.4 Å². The van der Waals surface area contributed by atoms with E-state index in [4.69, 9.17) is 14.2 Å². The van der Waals surface area contributed by atoms with E-state index in [9.17, 15) is 0 Å². The first kappa shape index (κ1) is 24.9. The summed E-state index contributed by atoms with van der Waals surface area (Å²) < 4.78 is 16.5. The van der Waals surface area contributed by atoms with Crippen molar-refractivity contribution in [3.8, 4) is 5.75 Å². The maximum Gasteiger partial charge on any atom is 0.191 e. The van der Waals surface area contributed by atoms with Crippen molar-refractivity contribution >= 4 is 29.9 Å². The molecule has 7 nitrogen and oxygen atoms in total. The number of morpholine rings is 1. The molecular weight excluding hydrogens is 471 g/mol. The van der Waals surface area contributed by atoms with Crippen LogP contribution in [0.5, 0.6) is 5.75 Å². The van der Waals surface area contributed by atoms with E-state index in [1.54, 1.807) is 7.11 Å². The number of hydrogen-bond acceptors (Lipinski definition) is 5. The van der Waals surface area contributed by atoms with Gasteiger partial charge in [0.15, 0.2) is 5.96 Å². The van der Waals surface area contributed by atoms with Gasteiger partial charge >= 0.3 is 0 Å². The van der Waals surface area contributed by atoms with Crippen LogP contribution in [0.3, 0.4) is 0 Å². The molecule has 8 heteroatoms. The fraction of sp³-hybridized carbons (Fsp3) is 0.650. The maximum absolute atomic E-state index is 6.04. The fourth-order valence-electron chi connectivity index (χ4n) is 2.81. The molecule has 1 aliphatic heterocycles. The van der Waals surface area contributed by atoms with Gasteiger partial charge in [0.1, 0.15) is 12.4 Å². The summed E-state index contributed by atoms with van der Waals surface area (Å²) >= 11 is 0. The Bertz CT molecular complexity index is 554. The third-order valence-corrected chi connectivity index (χ3v) is 4.31. The molecule has 1 fully saturated rings. The average Bonchev–Trinajstić information content (AvgIpc) is 2.71. The van der Waals surface area contributed by atoms with E-state index >= 15 is 0 Å². The van der Waals surface area contributed by atoms with Crippen LogP contribution in [-0.4, -0.2) is 77.1 Å². The summed E-state index contributed by atoms with van der Waals surface area (Å²) in [5.41, 5.74) is 1.09. The molecule has 0 amide bonds. The van der Waals surface area contributed by atoms with Crippen molar-refractivity contribution in [3.63, 3.8) is 0 Å². The van der Waals surface area contributed by atoms with Crippen molar-refractivity contribution in [3.05, 3.63) is 29.8 Å². The van der Waals surface area contributed by atoms with Gasteiger partial charge < -0.3 is 24.8 Å². The zero-order valence-electron chi connectivity index (χ0n) is 17.1. The van der Waals surface area contributed by atoms with Gasteiger partial charge in [-0.25, -0.2) is 4.99 Å². The lowest BCUT2D eigenvalue weighted by Gasteiger charge is -2.26. The Morgan fingerprint density at radius 1 is 1.18 bits per heavy atom. The van der Waals surface area contributed by atoms with Crippen molar-refractivity contribution in [1.29, 1.82) is 0 Å². The Hall–Kier alpha value is -1.10. The Kier molecular flexibility index (Phi) is 14.1. The normalized spacial score (nSPS) is 15.0. The van der Waals surface area contributed by atoms with E-state index < -0.39 is 0 Å². The van der Waals surface area contributed by atoms with Gasteiger partial charge in [0, 0.05) is 52.0 Å². The van der Waals surface area contributed by atoms with Gasteiger partial charge in [-0.05, 0) is 19.4 Å². The Morgan fingerprint density at radius 2 is 1.96 bits per heavy atom. The lowest BCUT2D eigenvalue weighted by atomic mass is 10.2. The minimum atomic E-state index is 0. The van der Waals surface area contributed by atoms with Gasteiger partial charge in [-0.2, -0.15) is 0 Å². The monoisotopic (exact) mass is 506 g/mol. The number of rotatable bonds is 11. The Labute approximate surface area is 186 Å². The van der Waals surface area contributed by atoms with Crippen molar-refractivity contribution in [1.82, 2.24) is 15.5 Å². The number of benzene rings is 1. The largest absolute Gasteiger partial charge is 0.492 e. The first-order chi connectivity index (χ1) is 13.3. The van der Waals surface area contributed by atoms with E-state index in [1.807, 2.05) is 18.2 Å². The standard InChI is InChI=1S/C20H34N4O3.HI/c1-3-21-20(22-9-6-13-25-2)23-17-18-7-4-5-8-19(18)27-16-12-24-10-14-26-15-11-24;/h4-5,7-8H,3,6,9-17H2,1-2H3,(H2,21,22,23);1H. The highest BCUT2D eigenvalue weighted by molar-refractivity contribution is 14.0. The highest BCUT2D eigenvalue weighted by Crippen LogP contribution is 2.19. The fourth-order valence-corrected chi connectivity index (χ4v) is 2.81. The quantitative estimate of drug-likeness (QED) is 0.208. The summed E-state index contributed by atoms with van der Waals surface area (Å²) in [7, 11) is 1.72. The molecule has 1 saturated heterocycles. The first-order valence-electron chi connectivity index (χ1n) is 9.85. The van der Waals surface area contributed by atoms with E-state index in [-0.39, 0.29) is 24.0 Å². The summed E-state index contributed by atoms with van der Waals surface area (Å²) in [6.45, 7) is 10.2. The van der Waals surface area contributed by atoms with Crippen LogP contribution < -0.4 is 15.4 Å². The summed E-state index contributed by atoms with van der Waals surface area (Å²) in [6, 6.07) is 8.12. The third kappa shape index (κ3) is 9.90. The van der Waals surface area contributed by atoms with Crippen LogP contribution in [0.25, 0.3) is 0 Å². The summed E-state index contributed by atoms with van der Waals surface area (Å²) in [5.74, 6) is 1.72. The third-order valence-electron chi connectivity index (χ3n) is 4.31. The average molecular weight is 506 g/mol. The molecule has 2 N–H and O–H groups in total. The SMILES string of the molecule is CCNC(=NCc1ccccc1OCCN1CCOCC1)NCCCOC.I. The van der Waals surface area contributed by atoms with Crippen molar-refractivity contribution in [2.75, 3.05) is 66.3 Å². The summed E-state index contributed by atoms with van der Waals surface area (Å²) in [6.07, 6.45) is 0.947. The van der Waals surface area contributed by atoms with Gasteiger partial charge in [0.2, 0.25) is 0 Å². The van der Waals surface area contributed by atoms with Crippen molar-refractivity contribution < 1.29 is 14.2 Å². The van der Waals surface area contributed by atoms with Crippen LogP contribution in [0, 0.1) is 0 Å². The predicted molar refractivity (Wildman–Crippen MR) is 124 cm³/mol. The maximum atomic E-state index is 6.04. The summed E-state index contributed by atoms with van der Waals surface area (Å²) in [5, 5.41) is 6.61.